The monoisotopic (exact) mass is 371 g/mol. The van der Waals surface area contributed by atoms with Crippen LogP contribution in [0.15, 0.2) is 24.3 Å². The molecule has 0 heterocycles. The Labute approximate surface area is 157 Å². The fraction of sp³-hybridized carbons (Fsp3) is 0.316. The smallest absolute Gasteiger partial charge is 0.278 e. The van der Waals surface area contributed by atoms with E-state index in [1.165, 1.54) is 38.6 Å². The third kappa shape index (κ3) is 5.08. The van der Waals surface area contributed by atoms with Crippen molar-refractivity contribution in [3.63, 3.8) is 0 Å². The molecule has 0 bridgehead atoms. The van der Waals surface area contributed by atoms with E-state index in [1.807, 2.05) is 0 Å². The summed E-state index contributed by atoms with van der Waals surface area (Å²) >= 11 is 0. The van der Waals surface area contributed by atoms with Crippen molar-refractivity contribution in [1.82, 2.24) is 15.7 Å². The van der Waals surface area contributed by atoms with Crippen molar-refractivity contribution in [2.45, 2.75) is 18.9 Å². The number of rotatable bonds is 5. The molecule has 0 spiro atoms. The zero-order valence-corrected chi connectivity index (χ0v) is 15.3. The zero-order valence-electron chi connectivity index (χ0n) is 15.3. The lowest BCUT2D eigenvalue weighted by Gasteiger charge is -2.34. The molecular formula is C19H21N3O5. The van der Waals surface area contributed by atoms with E-state index in [-0.39, 0.29) is 12.2 Å². The standard InChI is InChI=1S/C19H21N3O5/c1-19(17(25)20-2,18(26)21-27)22(3)16(24)15-11-9-14(10-12-15)8-6-4-5-7-13-23/h9-12,23,27H,7,13H2,1-3H3,(H,20,25)(H,21,26). The summed E-state index contributed by atoms with van der Waals surface area (Å²) in [5, 5.41) is 19.9. The van der Waals surface area contributed by atoms with Gasteiger partial charge in [-0.25, -0.2) is 5.48 Å². The molecular weight excluding hydrogens is 350 g/mol. The van der Waals surface area contributed by atoms with Gasteiger partial charge >= 0.3 is 0 Å². The molecule has 8 nitrogen and oxygen atoms in total. The van der Waals surface area contributed by atoms with E-state index >= 15 is 0 Å². The van der Waals surface area contributed by atoms with E-state index in [0.717, 1.165) is 4.90 Å². The number of amides is 3. The second kappa shape index (κ2) is 9.97. The lowest BCUT2D eigenvalue weighted by molar-refractivity contribution is -0.148. The number of aliphatic hydroxyl groups is 1. The number of hydrogen-bond donors (Lipinski definition) is 4. The van der Waals surface area contributed by atoms with Crippen LogP contribution in [0.25, 0.3) is 0 Å². The van der Waals surface area contributed by atoms with Gasteiger partial charge in [-0.3, -0.25) is 19.6 Å². The number of hydroxylamine groups is 1. The van der Waals surface area contributed by atoms with Gasteiger partial charge < -0.3 is 15.3 Å². The molecule has 1 rings (SSSR count). The normalized spacial score (nSPS) is 11.6. The van der Waals surface area contributed by atoms with Crippen LogP contribution in [0.4, 0.5) is 0 Å². The van der Waals surface area contributed by atoms with E-state index in [0.29, 0.717) is 12.0 Å². The highest BCUT2D eigenvalue weighted by Gasteiger charge is 2.47. The molecule has 0 aliphatic carbocycles. The van der Waals surface area contributed by atoms with Crippen molar-refractivity contribution in [2.24, 2.45) is 0 Å². The molecule has 3 amide bonds. The molecule has 1 aromatic carbocycles. The van der Waals surface area contributed by atoms with Gasteiger partial charge in [-0.05, 0) is 43.0 Å². The van der Waals surface area contributed by atoms with Crippen LogP contribution < -0.4 is 10.8 Å². The van der Waals surface area contributed by atoms with Gasteiger partial charge in [0.2, 0.25) is 0 Å². The van der Waals surface area contributed by atoms with Gasteiger partial charge in [-0.1, -0.05) is 11.8 Å². The topological polar surface area (TPSA) is 119 Å². The molecule has 0 saturated heterocycles. The highest BCUT2D eigenvalue weighted by atomic mass is 16.5. The largest absolute Gasteiger partial charge is 0.395 e. The van der Waals surface area contributed by atoms with Crippen LogP contribution in [-0.4, -0.2) is 59.2 Å². The first-order chi connectivity index (χ1) is 12.8. The van der Waals surface area contributed by atoms with E-state index in [1.54, 1.807) is 12.1 Å². The van der Waals surface area contributed by atoms with E-state index < -0.39 is 23.3 Å². The summed E-state index contributed by atoms with van der Waals surface area (Å²) in [5.41, 5.74) is 0.323. The van der Waals surface area contributed by atoms with Crippen molar-refractivity contribution in [3.05, 3.63) is 35.4 Å². The number of benzene rings is 1. The summed E-state index contributed by atoms with van der Waals surface area (Å²) in [7, 11) is 2.61. The quantitative estimate of drug-likeness (QED) is 0.241. The van der Waals surface area contributed by atoms with E-state index in [9.17, 15) is 14.4 Å². The number of nitrogens with one attached hydrogen (secondary N) is 2. The SMILES string of the molecule is CNC(=O)C(C)(C(=O)NO)N(C)C(=O)c1ccc(C#CC#CCCO)cc1. The Morgan fingerprint density at radius 2 is 1.78 bits per heavy atom. The van der Waals surface area contributed by atoms with Crippen molar-refractivity contribution < 1.29 is 24.7 Å². The Bertz CT molecular complexity index is 809. The second-order valence-corrected chi connectivity index (χ2v) is 5.56. The lowest BCUT2D eigenvalue weighted by Crippen LogP contribution is -2.64. The minimum absolute atomic E-state index is 0.0255. The number of likely N-dealkylation sites (N-methyl/N-ethyl adjacent to an activating group) is 2. The molecule has 27 heavy (non-hydrogen) atoms. The van der Waals surface area contributed by atoms with E-state index in [2.05, 4.69) is 29.0 Å². The summed E-state index contributed by atoms with van der Waals surface area (Å²) < 4.78 is 0. The molecule has 1 atom stereocenters. The van der Waals surface area contributed by atoms with Gasteiger partial charge in [-0.2, -0.15) is 0 Å². The average molecular weight is 371 g/mol. The Kier molecular flexibility index (Phi) is 8.02. The van der Waals surface area contributed by atoms with Crippen molar-refractivity contribution >= 4 is 17.7 Å². The molecule has 1 aromatic rings. The molecule has 0 aromatic heterocycles. The number of carbonyl (C=O) groups is 3. The van der Waals surface area contributed by atoms with Crippen LogP contribution in [0, 0.1) is 23.7 Å². The molecule has 142 valence electrons. The highest BCUT2D eigenvalue weighted by molar-refractivity contribution is 6.12. The van der Waals surface area contributed by atoms with Crippen LogP contribution in [0.2, 0.25) is 0 Å². The molecule has 0 saturated carbocycles. The fourth-order valence-corrected chi connectivity index (χ4v) is 2.12. The van der Waals surface area contributed by atoms with Crippen LogP contribution in [-0.2, 0) is 9.59 Å². The van der Waals surface area contributed by atoms with Gasteiger partial charge in [0.05, 0.1) is 6.61 Å². The van der Waals surface area contributed by atoms with Crippen molar-refractivity contribution in [2.75, 3.05) is 20.7 Å². The van der Waals surface area contributed by atoms with Gasteiger partial charge in [-0.15, -0.1) is 0 Å². The predicted molar refractivity (Wildman–Crippen MR) is 97.3 cm³/mol. The number of aliphatic hydroxyl groups excluding tert-OH is 1. The summed E-state index contributed by atoms with van der Waals surface area (Å²) in [4.78, 5) is 37.8. The third-order valence-corrected chi connectivity index (χ3v) is 3.91. The Morgan fingerprint density at radius 3 is 2.30 bits per heavy atom. The lowest BCUT2D eigenvalue weighted by atomic mass is 9.96. The number of carbonyl (C=O) groups excluding carboxylic acids is 3. The minimum Gasteiger partial charge on any atom is -0.395 e. The summed E-state index contributed by atoms with van der Waals surface area (Å²) in [6.07, 6.45) is 0.347. The summed E-state index contributed by atoms with van der Waals surface area (Å²) in [6, 6.07) is 6.21. The molecule has 0 aliphatic rings. The van der Waals surface area contributed by atoms with Crippen LogP contribution in [0.3, 0.4) is 0 Å². The Balaban J connectivity index is 3.05. The molecule has 0 radical (unpaired) electrons. The molecule has 0 aliphatic heterocycles. The van der Waals surface area contributed by atoms with Gasteiger partial charge in [0.1, 0.15) is 0 Å². The van der Waals surface area contributed by atoms with Gasteiger partial charge in [0.15, 0.2) is 5.54 Å². The van der Waals surface area contributed by atoms with Crippen molar-refractivity contribution in [1.29, 1.82) is 0 Å². The molecule has 4 N–H and O–H groups in total. The van der Waals surface area contributed by atoms with Crippen LogP contribution in [0.1, 0.15) is 29.3 Å². The second-order valence-electron chi connectivity index (χ2n) is 5.56. The first-order valence-electron chi connectivity index (χ1n) is 7.97. The average Bonchev–Trinajstić information content (AvgIpc) is 2.71. The summed E-state index contributed by atoms with van der Waals surface area (Å²) in [5.74, 6) is 8.29. The molecule has 0 fully saturated rings. The molecule has 1 unspecified atom stereocenters. The van der Waals surface area contributed by atoms with Gasteiger partial charge in [0.25, 0.3) is 17.7 Å². The van der Waals surface area contributed by atoms with Gasteiger partial charge in [0, 0.05) is 31.6 Å². The van der Waals surface area contributed by atoms with E-state index in [4.69, 9.17) is 10.3 Å². The Morgan fingerprint density at radius 1 is 1.15 bits per heavy atom. The van der Waals surface area contributed by atoms with Crippen LogP contribution >= 0.6 is 0 Å². The van der Waals surface area contributed by atoms with Crippen molar-refractivity contribution in [3.8, 4) is 23.7 Å². The van der Waals surface area contributed by atoms with Crippen LogP contribution in [0.5, 0.6) is 0 Å². The zero-order chi connectivity index (χ0) is 20.4. The summed E-state index contributed by atoms with van der Waals surface area (Å²) in [6.45, 7) is 1.20. The molecule has 8 heteroatoms. The maximum Gasteiger partial charge on any atom is 0.278 e. The first-order valence-corrected chi connectivity index (χ1v) is 7.97. The maximum absolute atomic E-state index is 12.7. The Hall–Kier alpha value is -3.33. The highest BCUT2D eigenvalue weighted by Crippen LogP contribution is 2.18. The first kappa shape index (κ1) is 21.7. The third-order valence-electron chi connectivity index (χ3n) is 3.91. The number of hydrogen-bond acceptors (Lipinski definition) is 5. The fourth-order valence-electron chi connectivity index (χ4n) is 2.12. The predicted octanol–water partition coefficient (Wildman–Crippen LogP) is -0.494. The number of nitrogens with zero attached hydrogens (tertiary/aromatic N) is 1. The minimum atomic E-state index is -1.94. The maximum atomic E-state index is 12.7.